The molecule has 3 heterocycles. The zero-order valence-corrected chi connectivity index (χ0v) is 22.4. The smallest absolute Gasteiger partial charge is 0.170 e. The number of halogens is 1. The van der Waals surface area contributed by atoms with Gasteiger partial charge in [0.15, 0.2) is 5.11 Å². The number of ether oxygens (including phenoxy) is 1. The number of nitrogens with one attached hydrogen (secondary N) is 1. The first-order chi connectivity index (χ1) is 17.4. The first-order valence-electron chi connectivity index (χ1n) is 11.9. The summed E-state index contributed by atoms with van der Waals surface area (Å²) in [6.45, 7) is 7.05. The summed E-state index contributed by atoms with van der Waals surface area (Å²) in [7, 11) is 1.68. The van der Waals surface area contributed by atoms with Crippen LogP contribution in [0.2, 0.25) is 5.02 Å². The van der Waals surface area contributed by atoms with Crippen molar-refractivity contribution in [3.63, 3.8) is 0 Å². The van der Waals surface area contributed by atoms with Crippen molar-refractivity contribution in [1.29, 1.82) is 0 Å². The normalized spacial score (nSPS) is 17.4. The van der Waals surface area contributed by atoms with E-state index in [0.29, 0.717) is 6.54 Å². The fourth-order valence-electron chi connectivity index (χ4n) is 5.14. The Morgan fingerprint density at radius 3 is 2.50 bits per heavy atom. The lowest BCUT2D eigenvalue weighted by Crippen LogP contribution is -2.29. The van der Waals surface area contributed by atoms with Crippen molar-refractivity contribution in [1.82, 2.24) is 19.8 Å². The molecule has 0 aliphatic carbocycles. The average molecular weight is 517 g/mol. The number of hydrogen-bond donors (Lipinski definition) is 1. The Morgan fingerprint density at radius 2 is 1.81 bits per heavy atom. The molecule has 5 rings (SSSR count). The number of pyridine rings is 1. The number of methoxy groups -OCH3 is 1. The molecule has 1 fully saturated rings. The van der Waals surface area contributed by atoms with E-state index in [1.807, 2.05) is 42.6 Å². The standard InChI is InChI=1S/C29H29ClN4OS/c1-18-16-23(20(3)34(18)26-10-7-8-24(30)19(26)2)28-27(25-9-5-6-15-31-25)32-29(36)33(28)17-21-11-13-22(35-4)14-12-21/h5-16,27-28H,17H2,1-4H3,(H,32,36). The highest BCUT2D eigenvalue weighted by molar-refractivity contribution is 7.80. The van der Waals surface area contributed by atoms with E-state index in [1.165, 1.54) is 5.56 Å². The Bertz CT molecular complexity index is 1400. The van der Waals surface area contributed by atoms with Crippen molar-refractivity contribution in [3.05, 3.63) is 112 Å². The molecule has 0 spiro atoms. The largest absolute Gasteiger partial charge is 0.497 e. The predicted molar refractivity (Wildman–Crippen MR) is 149 cm³/mol. The van der Waals surface area contributed by atoms with E-state index in [4.69, 9.17) is 28.6 Å². The number of aromatic nitrogens is 2. The monoisotopic (exact) mass is 516 g/mol. The molecule has 36 heavy (non-hydrogen) atoms. The van der Waals surface area contributed by atoms with Gasteiger partial charge in [-0.15, -0.1) is 0 Å². The molecule has 4 aromatic rings. The second-order valence-electron chi connectivity index (χ2n) is 9.15. The van der Waals surface area contributed by atoms with Gasteiger partial charge in [-0.05, 0) is 92.1 Å². The van der Waals surface area contributed by atoms with Crippen molar-refractivity contribution in [3.8, 4) is 11.4 Å². The molecular formula is C29H29ClN4OS. The minimum absolute atomic E-state index is 0.0334. The van der Waals surface area contributed by atoms with Gasteiger partial charge in [-0.2, -0.15) is 0 Å². The molecule has 1 saturated heterocycles. The van der Waals surface area contributed by atoms with Gasteiger partial charge in [-0.1, -0.05) is 35.9 Å². The van der Waals surface area contributed by atoms with Crippen LogP contribution < -0.4 is 10.1 Å². The molecule has 0 radical (unpaired) electrons. The fourth-order valence-corrected chi connectivity index (χ4v) is 5.61. The third-order valence-electron chi connectivity index (χ3n) is 6.98. The van der Waals surface area contributed by atoms with Gasteiger partial charge < -0.3 is 19.5 Å². The highest BCUT2D eigenvalue weighted by atomic mass is 35.5. The van der Waals surface area contributed by atoms with E-state index in [9.17, 15) is 0 Å². The molecule has 5 nitrogen and oxygen atoms in total. The van der Waals surface area contributed by atoms with Gasteiger partial charge in [0.25, 0.3) is 0 Å². The van der Waals surface area contributed by atoms with Gasteiger partial charge in [-0.25, -0.2) is 0 Å². The van der Waals surface area contributed by atoms with E-state index in [-0.39, 0.29) is 12.1 Å². The predicted octanol–water partition coefficient (Wildman–Crippen LogP) is 6.63. The summed E-state index contributed by atoms with van der Waals surface area (Å²) in [5, 5.41) is 5.05. The number of rotatable bonds is 6. The number of benzene rings is 2. The fraction of sp³-hybridized carbons (Fsp3) is 0.241. The van der Waals surface area contributed by atoms with Crippen molar-refractivity contribution >= 4 is 28.9 Å². The molecule has 2 unspecified atom stereocenters. The van der Waals surface area contributed by atoms with Gasteiger partial charge in [0.2, 0.25) is 0 Å². The summed E-state index contributed by atoms with van der Waals surface area (Å²) in [5.74, 6) is 0.837. The molecule has 0 bridgehead atoms. The zero-order chi connectivity index (χ0) is 25.4. The molecule has 2 aromatic carbocycles. The average Bonchev–Trinajstić information content (AvgIpc) is 3.36. The van der Waals surface area contributed by atoms with Crippen LogP contribution in [0.15, 0.2) is 72.9 Å². The van der Waals surface area contributed by atoms with Crippen LogP contribution in [0.5, 0.6) is 5.75 Å². The Kier molecular flexibility index (Phi) is 6.73. The lowest BCUT2D eigenvalue weighted by molar-refractivity contribution is 0.310. The van der Waals surface area contributed by atoms with Crippen LogP contribution in [0.4, 0.5) is 0 Å². The van der Waals surface area contributed by atoms with Crippen molar-refractivity contribution in [2.24, 2.45) is 0 Å². The highest BCUT2D eigenvalue weighted by Crippen LogP contribution is 2.42. The van der Waals surface area contributed by atoms with E-state index in [2.05, 4.69) is 70.9 Å². The summed E-state index contributed by atoms with van der Waals surface area (Å²) < 4.78 is 7.64. The van der Waals surface area contributed by atoms with Gasteiger partial charge in [-0.3, -0.25) is 4.98 Å². The molecule has 1 N–H and O–H groups in total. The Labute approximate surface area is 222 Å². The van der Waals surface area contributed by atoms with E-state index in [0.717, 1.165) is 49.8 Å². The van der Waals surface area contributed by atoms with Crippen molar-refractivity contribution in [2.75, 3.05) is 7.11 Å². The minimum atomic E-state index is -0.0774. The van der Waals surface area contributed by atoms with E-state index in [1.54, 1.807) is 7.11 Å². The SMILES string of the molecule is COc1ccc(CN2C(=S)NC(c3ccccn3)C2c2cc(C)n(-c3cccc(Cl)c3C)c2C)cc1. The van der Waals surface area contributed by atoms with Crippen LogP contribution >= 0.6 is 23.8 Å². The quantitative estimate of drug-likeness (QED) is 0.291. The van der Waals surface area contributed by atoms with Crippen LogP contribution in [0.1, 0.15) is 45.9 Å². The Balaban J connectivity index is 1.61. The third-order valence-corrected chi connectivity index (χ3v) is 7.74. The molecule has 2 atom stereocenters. The number of nitrogens with zero attached hydrogens (tertiary/aromatic N) is 3. The van der Waals surface area contributed by atoms with Crippen LogP contribution in [0.25, 0.3) is 5.69 Å². The lowest BCUT2D eigenvalue weighted by Gasteiger charge is -2.28. The highest BCUT2D eigenvalue weighted by Gasteiger charge is 2.41. The van der Waals surface area contributed by atoms with Crippen LogP contribution in [0.3, 0.4) is 0 Å². The van der Waals surface area contributed by atoms with Gasteiger partial charge in [0.05, 0.1) is 24.9 Å². The molecule has 2 aromatic heterocycles. The molecule has 1 aliphatic heterocycles. The first kappa shape index (κ1) is 24.3. The van der Waals surface area contributed by atoms with Crippen LogP contribution in [0, 0.1) is 20.8 Å². The second kappa shape index (κ2) is 9.96. The summed E-state index contributed by atoms with van der Waals surface area (Å²) in [5.41, 5.74) is 7.79. The van der Waals surface area contributed by atoms with E-state index < -0.39 is 0 Å². The topological polar surface area (TPSA) is 42.3 Å². The van der Waals surface area contributed by atoms with Gasteiger partial charge >= 0.3 is 0 Å². The first-order valence-corrected chi connectivity index (χ1v) is 12.7. The summed E-state index contributed by atoms with van der Waals surface area (Å²) in [6.07, 6.45) is 1.84. The van der Waals surface area contributed by atoms with Crippen LogP contribution in [-0.4, -0.2) is 26.7 Å². The number of thiocarbonyl (C=S) groups is 1. The van der Waals surface area contributed by atoms with E-state index >= 15 is 0 Å². The second-order valence-corrected chi connectivity index (χ2v) is 9.94. The molecule has 0 amide bonds. The Morgan fingerprint density at radius 1 is 1.03 bits per heavy atom. The molecular weight excluding hydrogens is 488 g/mol. The van der Waals surface area contributed by atoms with Crippen LogP contribution in [-0.2, 0) is 6.54 Å². The lowest BCUT2D eigenvalue weighted by atomic mass is 9.96. The minimum Gasteiger partial charge on any atom is -0.497 e. The Hall–Kier alpha value is -3.35. The van der Waals surface area contributed by atoms with Crippen molar-refractivity contribution < 1.29 is 4.74 Å². The molecule has 1 aliphatic rings. The zero-order valence-electron chi connectivity index (χ0n) is 20.8. The van der Waals surface area contributed by atoms with Crippen molar-refractivity contribution in [2.45, 2.75) is 39.4 Å². The summed E-state index contributed by atoms with van der Waals surface area (Å²) in [6, 6.07) is 22.4. The molecule has 7 heteroatoms. The number of aryl methyl sites for hydroxylation is 1. The summed E-state index contributed by atoms with van der Waals surface area (Å²) >= 11 is 12.4. The maximum atomic E-state index is 6.49. The maximum absolute atomic E-state index is 6.49. The number of hydrogen-bond acceptors (Lipinski definition) is 3. The van der Waals surface area contributed by atoms with Gasteiger partial charge in [0.1, 0.15) is 5.75 Å². The third kappa shape index (κ3) is 4.36. The molecule has 184 valence electrons. The maximum Gasteiger partial charge on any atom is 0.170 e. The van der Waals surface area contributed by atoms with Gasteiger partial charge in [0, 0.05) is 34.8 Å². The summed E-state index contributed by atoms with van der Waals surface area (Å²) in [4.78, 5) is 6.96. The molecule has 0 saturated carbocycles.